The van der Waals surface area contributed by atoms with E-state index in [0.717, 1.165) is 12.8 Å². The fourth-order valence-corrected chi connectivity index (χ4v) is 3.79. The van der Waals surface area contributed by atoms with E-state index in [-0.39, 0.29) is 18.4 Å². The first-order chi connectivity index (χ1) is 12.3. The number of rotatable bonds is 8. The molecule has 146 valence electrons. The molecule has 0 aromatic heterocycles. The van der Waals surface area contributed by atoms with Crippen LogP contribution in [-0.2, 0) is 14.8 Å². The first-order valence-electron chi connectivity index (χ1n) is 8.92. The third-order valence-corrected chi connectivity index (χ3v) is 5.69. The summed E-state index contributed by atoms with van der Waals surface area (Å²) < 4.78 is 35.9. The minimum atomic E-state index is -3.29. The molecule has 0 spiro atoms. The van der Waals surface area contributed by atoms with E-state index in [0.29, 0.717) is 43.2 Å². The molecule has 0 unspecified atom stereocenters. The third-order valence-electron chi connectivity index (χ3n) is 4.42. The average Bonchev–Trinajstić information content (AvgIpc) is 2.62. The maximum Gasteiger partial charge on any atom is 0.228 e. The van der Waals surface area contributed by atoms with Crippen molar-refractivity contribution in [3.8, 4) is 11.5 Å². The summed E-state index contributed by atoms with van der Waals surface area (Å²) in [5.41, 5.74) is 0.543. The molecule has 8 heteroatoms. The molecule has 1 heterocycles. The van der Waals surface area contributed by atoms with Crippen LogP contribution in [-0.4, -0.2) is 51.7 Å². The van der Waals surface area contributed by atoms with Gasteiger partial charge in [0.15, 0.2) is 0 Å². The van der Waals surface area contributed by atoms with Gasteiger partial charge in [-0.1, -0.05) is 13.3 Å². The van der Waals surface area contributed by atoms with E-state index in [4.69, 9.17) is 9.47 Å². The number of nitrogens with one attached hydrogen (secondary N) is 1. The number of anilines is 1. The normalized spacial score (nSPS) is 18.3. The van der Waals surface area contributed by atoms with E-state index in [2.05, 4.69) is 12.2 Å². The van der Waals surface area contributed by atoms with Gasteiger partial charge in [-0.15, -0.1) is 0 Å². The number of hydrogen-bond donors (Lipinski definition) is 1. The monoisotopic (exact) mass is 384 g/mol. The lowest BCUT2D eigenvalue weighted by atomic mass is 9.98. The second kappa shape index (κ2) is 9.23. The number of benzene rings is 1. The Balaban J connectivity index is 2.11. The highest BCUT2D eigenvalue weighted by Crippen LogP contribution is 2.30. The average molecular weight is 384 g/mol. The maximum atomic E-state index is 12.7. The summed E-state index contributed by atoms with van der Waals surface area (Å²) in [6, 6.07) is 5.27. The van der Waals surface area contributed by atoms with Gasteiger partial charge >= 0.3 is 0 Å². The molecular formula is C18H28N2O5S. The zero-order chi connectivity index (χ0) is 19.2. The number of hydrogen-bond acceptors (Lipinski definition) is 5. The maximum absolute atomic E-state index is 12.7. The van der Waals surface area contributed by atoms with Gasteiger partial charge in [-0.2, -0.15) is 0 Å². The summed E-state index contributed by atoms with van der Waals surface area (Å²) in [4.78, 5) is 12.7. The molecule has 1 saturated heterocycles. The molecule has 7 nitrogen and oxygen atoms in total. The first kappa shape index (κ1) is 20.5. The molecule has 1 N–H and O–H groups in total. The van der Waals surface area contributed by atoms with Crippen LogP contribution >= 0.6 is 0 Å². The van der Waals surface area contributed by atoms with Crippen molar-refractivity contribution in [2.75, 3.05) is 38.4 Å². The van der Waals surface area contributed by atoms with Gasteiger partial charge in [-0.25, -0.2) is 12.7 Å². The van der Waals surface area contributed by atoms with Crippen LogP contribution in [0.1, 0.15) is 32.6 Å². The summed E-state index contributed by atoms with van der Waals surface area (Å²) in [5, 5.41) is 2.89. The van der Waals surface area contributed by atoms with E-state index in [1.165, 1.54) is 10.6 Å². The molecule has 1 atom stereocenters. The molecule has 0 radical (unpaired) electrons. The predicted molar refractivity (Wildman–Crippen MR) is 101 cm³/mol. The van der Waals surface area contributed by atoms with Crippen molar-refractivity contribution in [2.45, 2.75) is 32.6 Å². The number of sulfonamides is 1. The molecule has 1 aliphatic rings. The molecule has 0 aliphatic carbocycles. The van der Waals surface area contributed by atoms with Gasteiger partial charge in [-0.3, -0.25) is 4.79 Å². The standard InChI is InChI=1S/C18H28N2O5S/c1-4-5-11-25-17-9-8-15(24-2)12-16(17)19-18(21)14-7-6-10-20(13-14)26(3,22)23/h8-9,12,14H,4-7,10-11,13H2,1-3H3,(H,19,21)/t14-/m0/s1. The summed E-state index contributed by atoms with van der Waals surface area (Å²) in [5.74, 6) is 0.619. The molecule has 1 aliphatic heterocycles. The van der Waals surface area contributed by atoms with Crippen molar-refractivity contribution in [1.29, 1.82) is 0 Å². The molecule has 0 saturated carbocycles. The van der Waals surface area contributed by atoms with E-state index >= 15 is 0 Å². The van der Waals surface area contributed by atoms with Crippen LogP contribution in [0.3, 0.4) is 0 Å². The van der Waals surface area contributed by atoms with E-state index < -0.39 is 10.0 Å². The summed E-state index contributed by atoms with van der Waals surface area (Å²) in [6.45, 7) is 3.32. The van der Waals surface area contributed by atoms with E-state index in [9.17, 15) is 13.2 Å². The molecule has 1 aromatic carbocycles. The summed E-state index contributed by atoms with van der Waals surface area (Å²) >= 11 is 0. The van der Waals surface area contributed by atoms with Crippen LogP contribution in [0.2, 0.25) is 0 Å². The largest absolute Gasteiger partial charge is 0.497 e. The Kier molecular flexibility index (Phi) is 7.28. The van der Waals surface area contributed by atoms with Crippen molar-refractivity contribution in [3.63, 3.8) is 0 Å². The number of methoxy groups -OCH3 is 1. The van der Waals surface area contributed by atoms with Gasteiger partial charge < -0.3 is 14.8 Å². The third kappa shape index (κ3) is 5.60. The fourth-order valence-electron chi connectivity index (χ4n) is 2.88. The Hall–Kier alpha value is -1.80. The van der Waals surface area contributed by atoms with Gasteiger partial charge in [0.25, 0.3) is 0 Å². The lowest BCUT2D eigenvalue weighted by molar-refractivity contribution is -0.120. The molecule has 0 bridgehead atoms. The minimum absolute atomic E-state index is 0.202. The van der Waals surface area contributed by atoms with Crippen molar-refractivity contribution >= 4 is 21.6 Å². The number of carbonyl (C=O) groups excluding carboxylic acids is 1. The van der Waals surface area contributed by atoms with Crippen LogP contribution in [0.5, 0.6) is 11.5 Å². The minimum Gasteiger partial charge on any atom is -0.497 e. The summed E-state index contributed by atoms with van der Waals surface area (Å²) in [7, 11) is -1.73. The second-order valence-corrected chi connectivity index (χ2v) is 8.50. The highest BCUT2D eigenvalue weighted by molar-refractivity contribution is 7.88. The molecule has 1 amide bonds. The number of ether oxygens (including phenoxy) is 2. The van der Waals surface area contributed by atoms with Crippen molar-refractivity contribution in [3.05, 3.63) is 18.2 Å². The Morgan fingerprint density at radius 3 is 2.81 bits per heavy atom. The van der Waals surface area contributed by atoms with Crippen molar-refractivity contribution in [1.82, 2.24) is 4.31 Å². The zero-order valence-electron chi connectivity index (χ0n) is 15.7. The number of piperidine rings is 1. The summed E-state index contributed by atoms with van der Waals surface area (Å²) in [6.07, 6.45) is 4.44. The molecule has 1 fully saturated rings. The first-order valence-corrected chi connectivity index (χ1v) is 10.8. The predicted octanol–water partition coefficient (Wildman–Crippen LogP) is 2.48. The molecule has 1 aromatic rings. The SMILES string of the molecule is CCCCOc1ccc(OC)cc1NC(=O)[C@H]1CCCN(S(C)(=O)=O)C1. The lowest BCUT2D eigenvalue weighted by Crippen LogP contribution is -2.43. The van der Waals surface area contributed by atoms with Crippen LogP contribution in [0.4, 0.5) is 5.69 Å². The van der Waals surface area contributed by atoms with Gasteiger partial charge in [0.2, 0.25) is 15.9 Å². The Bertz CT molecular complexity index is 720. The molecule has 26 heavy (non-hydrogen) atoms. The topological polar surface area (TPSA) is 84.9 Å². The van der Waals surface area contributed by atoms with Crippen molar-refractivity contribution < 1.29 is 22.7 Å². The highest BCUT2D eigenvalue weighted by atomic mass is 32.2. The van der Waals surface area contributed by atoms with E-state index in [1.807, 2.05) is 0 Å². The van der Waals surface area contributed by atoms with Gasteiger partial charge in [-0.05, 0) is 31.4 Å². The van der Waals surface area contributed by atoms with Gasteiger partial charge in [0.1, 0.15) is 11.5 Å². The van der Waals surface area contributed by atoms with Crippen LogP contribution < -0.4 is 14.8 Å². The van der Waals surface area contributed by atoms with Crippen LogP contribution in [0, 0.1) is 5.92 Å². The van der Waals surface area contributed by atoms with Crippen molar-refractivity contribution in [2.24, 2.45) is 5.92 Å². The van der Waals surface area contributed by atoms with E-state index in [1.54, 1.807) is 25.3 Å². The Labute approximate surface area is 155 Å². The number of carbonyl (C=O) groups is 1. The Morgan fingerprint density at radius 1 is 1.38 bits per heavy atom. The lowest BCUT2D eigenvalue weighted by Gasteiger charge is -2.30. The second-order valence-electron chi connectivity index (χ2n) is 6.51. The van der Waals surface area contributed by atoms with Gasteiger partial charge in [0.05, 0.1) is 31.6 Å². The highest BCUT2D eigenvalue weighted by Gasteiger charge is 2.30. The quantitative estimate of drug-likeness (QED) is 0.696. The molecule has 2 rings (SSSR count). The smallest absolute Gasteiger partial charge is 0.228 e. The zero-order valence-corrected chi connectivity index (χ0v) is 16.5. The van der Waals surface area contributed by atoms with Crippen LogP contribution in [0.25, 0.3) is 0 Å². The number of nitrogens with zero attached hydrogens (tertiary/aromatic N) is 1. The fraction of sp³-hybridized carbons (Fsp3) is 0.611. The number of amides is 1. The number of unbranched alkanes of at least 4 members (excludes halogenated alkanes) is 1. The molecular weight excluding hydrogens is 356 g/mol. The Morgan fingerprint density at radius 2 is 2.15 bits per heavy atom. The van der Waals surface area contributed by atoms with Crippen LogP contribution in [0.15, 0.2) is 18.2 Å². The van der Waals surface area contributed by atoms with Gasteiger partial charge in [0, 0.05) is 19.2 Å².